The number of hydrogen-bond acceptors (Lipinski definition) is 3. The van der Waals surface area contributed by atoms with Crippen LogP contribution >= 0.6 is 11.3 Å². The maximum Gasteiger partial charge on any atom is 0.253 e. The lowest BCUT2D eigenvalue weighted by atomic mass is 9.92. The molecular formula is C16H20N2OS. The van der Waals surface area contributed by atoms with Gasteiger partial charge in [0.1, 0.15) is 0 Å². The van der Waals surface area contributed by atoms with E-state index < -0.39 is 0 Å². The molecule has 1 aromatic carbocycles. The minimum Gasteiger partial charge on any atom is -0.338 e. The summed E-state index contributed by atoms with van der Waals surface area (Å²) in [6.45, 7) is 3.68. The molecule has 0 aliphatic carbocycles. The maximum atomic E-state index is 12.6. The average molecular weight is 288 g/mol. The summed E-state index contributed by atoms with van der Waals surface area (Å²) in [4.78, 5) is 14.6. The van der Waals surface area contributed by atoms with E-state index >= 15 is 0 Å². The smallest absolute Gasteiger partial charge is 0.253 e. The fourth-order valence-corrected chi connectivity index (χ4v) is 3.68. The highest BCUT2D eigenvalue weighted by molar-refractivity contribution is 7.17. The van der Waals surface area contributed by atoms with Gasteiger partial charge in [-0.05, 0) is 60.7 Å². The average Bonchev–Trinajstić information content (AvgIpc) is 2.94. The van der Waals surface area contributed by atoms with Gasteiger partial charge in [0.25, 0.3) is 5.91 Å². The lowest BCUT2D eigenvalue weighted by Gasteiger charge is -2.34. The zero-order valence-corrected chi connectivity index (χ0v) is 12.5. The molecule has 20 heavy (non-hydrogen) atoms. The van der Waals surface area contributed by atoms with Crippen molar-refractivity contribution in [2.45, 2.75) is 25.8 Å². The Hall–Kier alpha value is -1.39. The monoisotopic (exact) mass is 288 g/mol. The SMILES string of the molecule is C[C@H](N)[C@@H]1CCCN(C(=O)c2ccc3sccc3c2)C1. The lowest BCUT2D eigenvalue weighted by Crippen LogP contribution is -2.45. The highest BCUT2D eigenvalue weighted by Gasteiger charge is 2.26. The van der Waals surface area contributed by atoms with E-state index in [-0.39, 0.29) is 11.9 Å². The molecule has 2 N–H and O–H groups in total. The number of fused-ring (bicyclic) bond motifs is 1. The lowest BCUT2D eigenvalue weighted by molar-refractivity contribution is 0.0661. The molecule has 4 heteroatoms. The second-order valence-corrected chi connectivity index (χ2v) is 6.63. The van der Waals surface area contributed by atoms with Crippen molar-refractivity contribution < 1.29 is 4.79 Å². The summed E-state index contributed by atoms with van der Waals surface area (Å²) in [6.07, 6.45) is 2.18. The van der Waals surface area contributed by atoms with E-state index in [9.17, 15) is 4.79 Å². The Morgan fingerprint density at radius 1 is 1.45 bits per heavy atom. The molecule has 0 bridgehead atoms. The Balaban J connectivity index is 1.80. The number of carbonyl (C=O) groups is 1. The number of nitrogens with two attached hydrogens (primary N) is 1. The largest absolute Gasteiger partial charge is 0.338 e. The summed E-state index contributed by atoms with van der Waals surface area (Å²) in [7, 11) is 0. The first-order valence-corrected chi connectivity index (χ1v) is 8.05. The van der Waals surface area contributed by atoms with Crippen molar-refractivity contribution in [1.29, 1.82) is 0 Å². The van der Waals surface area contributed by atoms with E-state index in [1.54, 1.807) is 11.3 Å². The number of amides is 1. The number of carbonyl (C=O) groups excluding carboxylic acids is 1. The van der Waals surface area contributed by atoms with Gasteiger partial charge < -0.3 is 10.6 Å². The molecule has 0 spiro atoms. The van der Waals surface area contributed by atoms with Crippen molar-refractivity contribution in [3.63, 3.8) is 0 Å². The van der Waals surface area contributed by atoms with Crippen LogP contribution in [-0.4, -0.2) is 29.9 Å². The van der Waals surface area contributed by atoms with Crippen LogP contribution in [0.5, 0.6) is 0 Å². The number of likely N-dealkylation sites (tertiary alicyclic amines) is 1. The third-order valence-corrected chi connectivity index (χ3v) is 5.09. The molecule has 0 unspecified atom stereocenters. The molecule has 106 valence electrons. The highest BCUT2D eigenvalue weighted by Crippen LogP contribution is 2.24. The van der Waals surface area contributed by atoms with Gasteiger partial charge in [0.05, 0.1) is 0 Å². The number of benzene rings is 1. The minimum atomic E-state index is 0.142. The van der Waals surface area contributed by atoms with E-state index in [1.807, 2.05) is 30.0 Å². The van der Waals surface area contributed by atoms with Gasteiger partial charge in [0.15, 0.2) is 0 Å². The Kier molecular flexibility index (Phi) is 3.76. The summed E-state index contributed by atoms with van der Waals surface area (Å²) in [6, 6.07) is 8.21. The molecule has 2 aromatic rings. The first kappa shape index (κ1) is 13.6. The summed E-state index contributed by atoms with van der Waals surface area (Å²) < 4.78 is 1.23. The Morgan fingerprint density at radius 2 is 2.30 bits per heavy atom. The third kappa shape index (κ3) is 2.58. The predicted molar refractivity (Wildman–Crippen MR) is 84.1 cm³/mol. The van der Waals surface area contributed by atoms with Crippen molar-refractivity contribution in [3.8, 4) is 0 Å². The van der Waals surface area contributed by atoms with Gasteiger partial charge in [-0.25, -0.2) is 0 Å². The Bertz CT molecular complexity index is 620. The quantitative estimate of drug-likeness (QED) is 0.923. The fourth-order valence-electron chi connectivity index (χ4n) is 2.91. The maximum absolute atomic E-state index is 12.6. The Labute approximate surface area is 123 Å². The van der Waals surface area contributed by atoms with Crippen LogP contribution in [0.1, 0.15) is 30.1 Å². The van der Waals surface area contributed by atoms with Crippen LogP contribution in [0.25, 0.3) is 10.1 Å². The van der Waals surface area contributed by atoms with Crippen LogP contribution in [0.2, 0.25) is 0 Å². The molecule has 1 aliphatic heterocycles. The van der Waals surface area contributed by atoms with Gasteiger partial charge in [0.2, 0.25) is 0 Å². The molecule has 0 radical (unpaired) electrons. The van der Waals surface area contributed by atoms with Crippen LogP contribution in [0, 0.1) is 5.92 Å². The van der Waals surface area contributed by atoms with Crippen molar-refractivity contribution >= 4 is 27.3 Å². The van der Waals surface area contributed by atoms with E-state index in [2.05, 4.69) is 11.4 Å². The number of thiophene rings is 1. The molecule has 1 aliphatic rings. The van der Waals surface area contributed by atoms with E-state index in [0.29, 0.717) is 5.92 Å². The normalized spacial score (nSPS) is 21.1. The zero-order valence-electron chi connectivity index (χ0n) is 11.7. The second kappa shape index (κ2) is 5.54. The van der Waals surface area contributed by atoms with Gasteiger partial charge in [-0.1, -0.05) is 0 Å². The first-order valence-electron chi connectivity index (χ1n) is 7.17. The Morgan fingerprint density at radius 3 is 3.10 bits per heavy atom. The van der Waals surface area contributed by atoms with E-state index in [0.717, 1.165) is 36.9 Å². The molecule has 2 atom stereocenters. The molecule has 2 heterocycles. The standard InChI is InChI=1S/C16H20N2OS/c1-11(17)14-3-2-7-18(10-14)16(19)13-4-5-15-12(9-13)6-8-20-15/h4-6,8-9,11,14H,2-3,7,10,17H2,1H3/t11-,14+/m0/s1. The fraction of sp³-hybridized carbons (Fsp3) is 0.438. The molecule has 3 nitrogen and oxygen atoms in total. The van der Waals surface area contributed by atoms with Crippen molar-refractivity contribution in [2.24, 2.45) is 11.7 Å². The van der Waals surface area contributed by atoms with Gasteiger partial charge in [-0.15, -0.1) is 11.3 Å². The summed E-state index contributed by atoms with van der Waals surface area (Å²) in [5.74, 6) is 0.570. The zero-order chi connectivity index (χ0) is 14.1. The molecule has 1 saturated heterocycles. The second-order valence-electron chi connectivity index (χ2n) is 5.69. The summed E-state index contributed by atoms with van der Waals surface area (Å²) >= 11 is 1.71. The molecule has 1 aromatic heterocycles. The van der Waals surface area contributed by atoms with Crippen molar-refractivity contribution in [2.75, 3.05) is 13.1 Å². The molecule has 1 amide bonds. The van der Waals surface area contributed by atoms with Gasteiger partial charge >= 0.3 is 0 Å². The van der Waals surface area contributed by atoms with Crippen molar-refractivity contribution in [3.05, 3.63) is 35.2 Å². The number of rotatable bonds is 2. The predicted octanol–water partition coefficient (Wildman–Crippen LogP) is 3.10. The topological polar surface area (TPSA) is 46.3 Å². The van der Waals surface area contributed by atoms with Crippen LogP contribution in [0.15, 0.2) is 29.6 Å². The van der Waals surface area contributed by atoms with Gasteiger partial charge in [0, 0.05) is 29.4 Å². The van der Waals surface area contributed by atoms with E-state index in [4.69, 9.17) is 5.73 Å². The van der Waals surface area contributed by atoms with Crippen LogP contribution < -0.4 is 5.73 Å². The number of piperidine rings is 1. The van der Waals surface area contributed by atoms with Crippen molar-refractivity contribution in [1.82, 2.24) is 4.90 Å². The number of hydrogen-bond donors (Lipinski definition) is 1. The highest BCUT2D eigenvalue weighted by atomic mass is 32.1. The number of nitrogens with zero attached hydrogens (tertiary/aromatic N) is 1. The third-order valence-electron chi connectivity index (χ3n) is 4.19. The van der Waals surface area contributed by atoms with Crippen LogP contribution in [0.4, 0.5) is 0 Å². The summed E-state index contributed by atoms with van der Waals surface area (Å²) in [5, 5.41) is 3.22. The summed E-state index contributed by atoms with van der Waals surface area (Å²) in [5.41, 5.74) is 6.78. The molecule has 0 saturated carbocycles. The van der Waals surface area contributed by atoms with Gasteiger partial charge in [-0.3, -0.25) is 4.79 Å². The molecule has 3 rings (SSSR count). The van der Waals surface area contributed by atoms with E-state index in [1.165, 1.54) is 4.70 Å². The van der Waals surface area contributed by atoms with Crippen LogP contribution in [0.3, 0.4) is 0 Å². The molecule has 1 fully saturated rings. The van der Waals surface area contributed by atoms with Gasteiger partial charge in [-0.2, -0.15) is 0 Å². The minimum absolute atomic E-state index is 0.142. The van der Waals surface area contributed by atoms with Crippen LogP contribution in [-0.2, 0) is 0 Å². The first-order chi connectivity index (χ1) is 9.65. The molecular weight excluding hydrogens is 268 g/mol.